The molecule has 0 bridgehead atoms. The number of hydrogen-bond donors (Lipinski definition) is 1. The van der Waals surface area contributed by atoms with E-state index in [-0.39, 0.29) is 6.04 Å². The van der Waals surface area contributed by atoms with E-state index in [1.165, 1.54) is 39.4 Å². The monoisotopic (exact) mass is 309 g/mol. The van der Waals surface area contributed by atoms with Crippen LogP contribution in [0.25, 0.3) is 10.1 Å². The summed E-state index contributed by atoms with van der Waals surface area (Å²) in [6.45, 7) is 0. The van der Waals surface area contributed by atoms with Crippen LogP contribution in [0.5, 0.6) is 0 Å². The van der Waals surface area contributed by atoms with Gasteiger partial charge in [0.15, 0.2) is 0 Å². The largest absolute Gasteiger partial charge is 0.324 e. The van der Waals surface area contributed by atoms with Crippen LogP contribution in [0.4, 0.5) is 0 Å². The van der Waals surface area contributed by atoms with Crippen molar-refractivity contribution in [1.29, 1.82) is 0 Å². The molecule has 1 aliphatic carbocycles. The number of fused-ring (bicyclic) bond motifs is 1. The third kappa shape index (κ3) is 2.16. The highest BCUT2D eigenvalue weighted by atomic mass is 79.9. The highest BCUT2D eigenvalue weighted by molar-refractivity contribution is 9.10. The van der Waals surface area contributed by atoms with Crippen LogP contribution in [0.1, 0.15) is 37.3 Å². The van der Waals surface area contributed by atoms with E-state index in [2.05, 4.69) is 39.5 Å². The molecule has 3 rings (SSSR count). The van der Waals surface area contributed by atoms with Gasteiger partial charge in [-0.15, -0.1) is 11.3 Å². The highest BCUT2D eigenvalue weighted by Crippen LogP contribution is 2.39. The Morgan fingerprint density at radius 2 is 2.24 bits per heavy atom. The molecule has 1 nitrogen and oxygen atoms in total. The van der Waals surface area contributed by atoms with Crippen molar-refractivity contribution in [1.82, 2.24) is 0 Å². The molecule has 1 aromatic heterocycles. The summed E-state index contributed by atoms with van der Waals surface area (Å²) in [6, 6.07) is 6.59. The average molecular weight is 310 g/mol. The smallest absolute Gasteiger partial charge is 0.0488 e. The van der Waals surface area contributed by atoms with Crippen LogP contribution < -0.4 is 5.73 Å². The predicted molar refractivity (Wildman–Crippen MR) is 78.4 cm³/mol. The van der Waals surface area contributed by atoms with Crippen molar-refractivity contribution in [3.8, 4) is 0 Å². The Bertz CT molecular complexity index is 530. The van der Waals surface area contributed by atoms with E-state index in [0.717, 1.165) is 12.3 Å². The maximum Gasteiger partial charge on any atom is 0.0488 e. The Morgan fingerprint density at radius 3 is 2.94 bits per heavy atom. The van der Waals surface area contributed by atoms with Crippen molar-refractivity contribution in [3.05, 3.63) is 33.6 Å². The zero-order chi connectivity index (χ0) is 11.8. The molecule has 0 amide bonds. The van der Waals surface area contributed by atoms with Crippen molar-refractivity contribution in [3.63, 3.8) is 0 Å². The van der Waals surface area contributed by atoms with Gasteiger partial charge in [0.2, 0.25) is 0 Å². The Labute approximate surface area is 114 Å². The van der Waals surface area contributed by atoms with Crippen molar-refractivity contribution in [2.75, 3.05) is 0 Å². The van der Waals surface area contributed by atoms with E-state index in [1.807, 2.05) is 0 Å². The van der Waals surface area contributed by atoms with Gasteiger partial charge in [-0.05, 0) is 50.7 Å². The Kier molecular flexibility index (Phi) is 3.24. The van der Waals surface area contributed by atoms with E-state index >= 15 is 0 Å². The summed E-state index contributed by atoms with van der Waals surface area (Å²) in [5.41, 5.74) is 7.69. The fraction of sp³-hybridized carbons (Fsp3) is 0.429. The molecular formula is C14H16BrNS. The summed E-state index contributed by atoms with van der Waals surface area (Å²) < 4.78 is 2.51. The van der Waals surface area contributed by atoms with Gasteiger partial charge < -0.3 is 5.73 Å². The number of hydrogen-bond acceptors (Lipinski definition) is 2. The standard InChI is InChI=1S/C14H16BrNS/c15-12-6-2-5-10-11(8-17-14(10)12)13(16)7-9-3-1-4-9/h2,5-6,8-9,13H,1,3-4,7,16H2. The molecular weight excluding hydrogens is 294 g/mol. The second kappa shape index (κ2) is 4.71. The first kappa shape index (κ1) is 11.7. The molecule has 1 atom stereocenters. The molecule has 2 N–H and O–H groups in total. The molecule has 2 aromatic rings. The Balaban J connectivity index is 1.91. The zero-order valence-corrected chi connectivity index (χ0v) is 12.1. The van der Waals surface area contributed by atoms with Gasteiger partial charge in [-0.1, -0.05) is 31.4 Å². The molecule has 1 aliphatic rings. The van der Waals surface area contributed by atoms with Gasteiger partial charge in [0, 0.05) is 15.2 Å². The summed E-state index contributed by atoms with van der Waals surface area (Å²) in [5, 5.41) is 3.56. The van der Waals surface area contributed by atoms with Gasteiger partial charge in [0.25, 0.3) is 0 Å². The van der Waals surface area contributed by atoms with Gasteiger partial charge in [-0.25, -0.2) is 0 Å². The van der Waals surface area contributed by atoms with Gasteiger partial charge >= 0.3 is 0 Å². The first-order chi connectivity index (χ1) is 8.25. The van der Waals surface area contributed by atoms with Crippen LogP contribution in [-0.2, 0) is 0 Å². The van der Waals surface area contributed by atoms with Crippen LogP contribution in [0, 0.1) is 5.92 Å². The average Bonchev–Trinajstić information content (AvgIpc) is 2.68. The maximum absolute atomic E-state index is 6.36. The van der Waals surface area contributed by atoms with Crippen LogP contribution in [-0.4, -0.2) is 0 Å². The van der Waals surface area contributed by atoms with Crippen molar-refractivity contribution >= 4 is 37.4 Å². The Hall–Kier alpha value is -0.380. The topological polar surface area (TPSA) is 26.0 Å². The van der Waals surface area contributed by atoms with E-state index in [9.17, 15) is 0 Å². The lowest BCUT2D eigenvalue weighted by Gasteiger charge is -2.28. The lowest BCUT2D eigenvalue weighted by molar-refractivity contribution is 0.278. The van der Waals surface area contributed by atoms with Crippen LogP contribution in [0.2, 0.25) is 0 Å². The molecule has 1 unspecified atom stereocenters. The number of benzene rings is 1. The SMILES string of the molecule is NC(CC1CCC1)c1csc2c(Br)cccc12. The predicted octanol–water partition coefficient (Wildman–Crippen LogP) is 4.85. The van der Waals surface area contributed by atoms with Gasteiger partial charge in [-0.3, -0.25) is 0 Å². The van der Waals surface area contributed by atoms with Crippen LogP contribution in [0.3, 0.4) is 0 Å². The minimum Gasteiger partial charge on any atom is -0.324 e. The lowest BCUT2D eigenvalue weighted by atomic mass is 9.80. The van der Waals surface area contributed by atoms with E-state index in [0.29, 0.717) is 0 Å². The molecule has 0 radical (unpaired) electrons. The van der Waals surface area contributed by atoms with E-state index in [4.69, 9.17) is 5.73 Å². The zero-order valence-electron chi connectivity index (χ0n) is 9.66. The fourth-order valence-electron chi connectivity index (χ4n) is 2.54. The lowest BCUT2D eigenvalue weighted by Crippen LogP contribution is -2.19. The molecule has 1 fully saturated rings. The fourth-order valence-corrected chi connectivity index (χ4v) is 4.23. The van der Waals surface area contributed by atoms with Crippen molar-refractivity contribution in [2.45, 2.75) is 31.7 Å². The maximum atomic E-state index is 6.36. The minimum atomic E-state index is 0.211. The van der Waals surface area contributed by atoms with Crippen molar-refractivity contribution in [2.24, 2.45) is 11.7 Å². The third-order valence-corrected chi connectivity index (χ3v) is 5.76. The molecule has 1 saturated carbocycles. The second-order valence-corrected chi connectivity index (χ2v) is 6.68. The summed E-state index contributed by atoms with van der Waals surface area (Å²) in [6.07, 6.45) is 5.30. The molecule has 17 heavy (non-hydrogen) atoms. The van der Waals surface area contributed by atoms with Gasteiger partial charge in [0.05, 0.1) is 0 Å². The molecule has 1 aromatic carbocycles. The molecule has 0 spiro atoms. The minimum absolute atomic E-state index is 0.211. The number of rotatable bonds is 3. The molecule has 1 heterocycles. The van der Waals surface area contributed by atoms with Crippen molar-refractivity contribution < 1.29 is 0 Å². The quantitative estimate of drug-likeness (QED) is 0.861. The first-order valence-electron chi connectivity index (χ1n) is 6.17. The normalized spacial score (nSPS) is 18.2. The summed E-state index contributed by atoms with van der Waals surface area (Å²) in [5.74, 6) is 0.868. The van der Waals surface area contributed by atoms with Crippen LogP contribution >= 0.6 is 27.3 Å². The van der Waals surface area contributed by atoms with Gasteiger partial charge in [0.1, 0.15) is 0 Å². The van der Waals surface area contributed by atoms with E-state index in [1.54, 1.807) is 11.3 Å². The second-order valence-electron chi connectivity index (χ2n) is 4.95. The summed E-state index contributed by atoms with van der Waals surface area (Å²) in [7, 11) is 0. The number of nitrogens with two attached hydrogens (primary N) is 1. The van der Waals surface area contributed by atoms with E-state index < -0.39 is 0 Å². The first-order valence-corrected chi connectivity index (χ1v) is 7.84. The van der Waals surface area contributed by atoms with Crippen LogP contribution in [0.15, 0.2) is 28.1 Å². The molecule has 90 valence electrons. The molecule has 0 aliphatic heterocycles. The molecule has 0 saturated heterocycles. The third-order valence-electron chi connectivity index (χ3n) is 3.79. The Morgan fingerprint density at radius 1 is 1.41 bits per heavy atom. The molecule has 3 heteroatoms. The number of halogens is 1. The highest BCUT2D eigenvalue weighted by Gasteiger charge is 2.22. The van der Waals surface area contributed by atoms with Gasteiger partial charge in [-0.2, -0.15) is 0 Å². The number of thiophene rings is 1. The summed E-state index contributed by atoms with van der Waals surface area (Å²) in [4.78, 5) is 0. The summed E-state index contributed by atoms with van der Waals surface area (Å²) >= 11 is 5.40.